The van der Waals surface area contributed by atoms with Gasteiger partial charge in [0.15, 0.2) is 9.84 Å². The van der Waals surface area contributed by atoms with Crippen LogP contribution >= 0.6 is 0 Å². The number of benzene rings is 1. The summed E-state index contributed by atoms with van der Waals surface area (Å²) in [6.45, 7) is 1.10. The zero-order valence-electron chi connectivity index (χ0n) is 11.2. The molecule has 0 spiro atoms. The van der Waals surface area contributed by atoms with Gasteiger partial charge in [-0.1, -0.05) is 0 Å². The molecule has 0 saturated carbocycles. The van der Waals surface area contributed by atoms with Gasteiger partial charge in [-0.05, 0) is 24.6 Å². The van der Waals surface area contributed by atoms with Gasteiger partial charge in [0, 0.05) is 19.1 Å². The summed E-state index contributed by atoms with van der Waals surface area (Å²) in [7, 11) is -3.02. The van der Waals surface area contributed by atoms with E-state index in [-0.39, 0.29) is 17.5 Å². The third kappa shape index (κ3) is 2.81. The van der Waals surface area contributed by atoms with Crippen LogP contribution in [-0.4, -0.2) is 39.1 Å². The Labute approximate surface area is 120 Å². The van der Waals surface area contributed by atoms with Crippen LogP contribution in [0, 0.1) is 0 Å². The maximum atomic E-state index is 12.7. The van der Waals surface area contributed by atoms with Gasteiger partial charge in [-0.15, -0.1) is 0 Å². The molecule has 2 aliphatic rings. The number of alkyl halides is 3. The highest BCUT2D eigenvalue weighted by Crippen LogP contribution is 2.38. The number of fused-ring (bicyclic) bond motifs is 1. The molecule has 2 aliphatic heterocycles. The van der Waals surface area contributed by atoms with E-state index < -0.39 is 21.6 Å². The highest BCUT2D eigenvalue weighted by atomic mass is 32.2. The first-order chi connectivity index (χ1) is 9.76. The fourth-order valence-electron chi connectivity index (χ4n) is 2.94. The molecule has 1 aromatic rings. The number of hydrogen-bond acceptors (Lipinski definition) is 4. The average Bonchev–Trinajstić information content (AvgIpc) is 2.76. The number of anilines is 2. The predicted molar refractivity (Wildman–Crippen MR) is 74.3 cm³/mol. The van der Waals surface area contributed by atoms with Gasteiger partial charge in [-0.3, -0.25) is 0 Å². The molecule has 3 rings (SSSR count). The van der Waals surface area contributed by atoms with Crippen molar-refractivity contribution in [2.75, 3.05) is 34.8 Å². The normalized spacial score (nSPS) is 24.5. The fraction of sp³-hybridized carbons (Fsp3) is 0.538. The molecule has 0 amide bonds. The predicted octanol–water partition coefficient (Wildman–Crippen LogP) is 2.12. The summed E-state index contributed by atoms with van der Waals surface area (Å²) in [5.74, 6) is 0.227. The maximum Gasteiger partial charge on any atom is 0.416 e. The van der Waals surface area contributed by atoms with Crippen LogP contribution in [0.1, 0.15) is 12.0 Å². The van der Waals surface area contributed by atoms with Crippen LogP contribution in [0.3, 0.4) is 0 Å². The van der Waals surface area contributed by atoms with Crippen LogP contribution < -0.4 is 10.2 Å². The molecule has 1 atom stereocenters. The van der Waals surface area contributed by atoms with E-state index in [0.717, 1.165) is 12.1 Å². The van der Waals surface area contributed by atoms with Crippen LogP contribution in [0.4, 0.5) is 24.5 Å². The second-order valence-electron chi connectivity index (χ2n) is 5.41. The van der Waals surface area contributed by atoms with E-state index in [0.29, 0.717) is 30.9 Å². The quantitative estimate of drug-likeness (QED) is 0.861. The highest BCUT2D eigenvalue weighted by molar-refractivity contribution is 7.91. The van der Waals surface area contributed by atoms with Gasteiger partial charge in [-0.2, -0.15) is 13.2 Å². The van der Waals surface area contributed by atoms with Crippen molar-refractivity contribution in [1.82, 2.24) is 0 Å². The molecule has 1 saturated heterocycles. The van der Waals surface area contributed by atoms with Crippen LogP contribution in [0.2, 0.25) is 0 Å². The lowest BCUT2D eigenvalue weighted by Crippen LogP contribution is -2.42. The molecule has 1 unspecified atom stereocenters. The topological polar surface area (TPSA) is 49.4 Å². The van der Waals surface area contributed by atoms with Crippen molar-refractivity contribution < 1.29 is 21.6 Å². The number of halogens is 3. The number of nitrogens with one attached hydrogen (secondary N) is 1. The average molecular weight is 320 g/mol. The molecule has 1 fully saturated rings. The monoisotopic (exact) mass is 320 g/mol. The molecular weight excluding hydrogens is 305 g/mol. The fourth-order valence-corrected chi connectivity index (χ4v) is 4.67. The molecule has 0 aliphatic carbocycles. The molecule has 2 heterocycles. The Bertz CT molecular complexity index is 658. The molecule has 1 N–H and O–H groups in total. The standard InChI is InChI=1S/C13H15F3N2O2S/c14-13(15,16)9-1-2-12-11(7-9)17-4-5-18(12)10-3-6-21(19,20)8-10/h1-2,7,10,17H,3-6,8H2. The summed E-state index contributed by atoms with van der Waals surface area (Å²) in [5.41, 5.74) is 0.367. The first kappa shape index (κ1) is 14.5. The summed E-state index contributed by atoms with van der Waals surface area (Å²) >= 11 is 0. The first-order valence-electron chi connectivity index (χ1n) is 6.68. The molecule has 1 aromatic carbocycles. The summed E-state index contributed by atoms with van der Waals surface area (Å²) in [4.78, 5) is 1.91. The Hall–Kier alpha value is -1.44. The molecule has 0 aromatic heterocycles. The minimum atomic E-state index is -4.38. The summed E-state index contributed by atoms with van der Waals surface area (Å²) in [6.07, 6.45) is -3.85. The molecule has 4 nitrogen and oxygen atoms in total. The molecule has 21 heavy (non-hydrogen) atoms. The lowest BCUT2D eigenvalue weighted by atomic mass is 10.1. The Morgan fingerprint density at radius 2 is 2.05 bits per heavy atom. The number of rotatable bonds is 1. The van der Waals surface area contributed by atoms with E-state index in [2.05, 4.69) is 5.32 Å². The Morgan fingerprint density at radius 1 is 1.29 bits per heavy atom. The highest BCUT2D eigenvalue weighted by Gasteiger charge is 2.36. The van der Waals surface area contributed by atoms with Crippen molar-refractivity contribution in [3.63, 3.8) is 0 Å². The third-order valence-electron chi connectivity index (χ3n) is 3.95. The van der Waals surface area contributed by atoms with Gasteiger partial charge in [0.05, 0.1) is 28.4 Å². The van der Waals surface area contributed by atoms with Gasteiger partial charge in [0.1, 0.15) is 0 Å². The first-order valence-corrected chi connectivity index (χ1v) is 8.51. The largest absolute Gasteiger partial charge is 0.416 e. The van der Waals surface area contributed by atoms with Crippen molar-refractivity contribution in [2.45, 2.75) is 18.6 Å². The number of hydrogen-bond donors (Lipinski definition) is 1. The Balaban J connectivity index is 1.92. The van der Waals surface area contributed by atoms with E-state index in [1.165, 1.54) is 6.07 Å². The SMILES string of the molecule is O=S1(=O)CCC(N2CCNc3cc(C(F)(F)F)ccc32)C1. The molecule has 0 bridgehead atoms. The van der Waals surface area contributed by atoms with Gasteiger partial charge in [0.2, 0.25) is 0 Å². The zero-order chi connectivity index (χ0) is 15.3. The summed E-state index contributed by atoms with van der Waals surface area (Å²) < 4.78 is 61.4. The van der Waals surface area contributed by atoms with Crippen molar-refractivity contribution in [3.8, 4) is 0 Å². The van der Waals surface area contributed by atoms with E-state index in [1.807, 2.05) is 4.90 Å². The van der Waals surface area contributed by atoms with E-state index >= 15 is 0 Å². The second-order valence-corrected chi connectivity index (χ2v) is 7.64. The van der Waals surface area contributed by atoms with Crippen LogP contribution in [-0.2, 0) is 16.0 Å². The smallest absolute Gasteiger partial charge is 0.382 e. The van der Waals surface area contributed by atoms with Crippen molar-refractivity contribution in [2.24, 2.45) is 0 Å². The number of sulfone groups is 1. The van der Waals surface area contributed by atoms with Gasteiger partial charge < -0.3 is 10.2 Å². The van der Waals surface area contributed by atoms with Crippen LogP contribution in [0.15, 0.2) is 18.2 Å². The lowest BCUT2D eigenvalue weighted by Gasteiger charge is -2.36. The van der Waals surface area contributed by atoms with E-state index in [9.17, 15) is 21.6 Å². The van der Waals surface area contributed by atoms with Crippen molar-refractivity contribution in [1.29, 1.82) is 0 Å². The summed E-state index contributed by atoms with van der Waals surface area (Å²) in [5, 5.41) is 2.96. The Morgan fingerprint density at radius 3 is 2.67 bits per heavy atom. The van der Waals surface area contributed by atoms with Crippen molar-refractivity contribution in [3.05, 3.63) is 23.8 Å². The van der Waals surface area contributed by atoms with Gasteiger partial charge >= 0.3 is 6.18 Å². The van der Waals surface area contributed by atoms with E-state index in [1.54, 1.807) is 0 Å². The molecular formula is C13H15F3N2O2S. The van der Waals surface area contributed by atoms with Gasteiger partial charge in [-0.25, -0.2) is 8.42 Å². The van der Waals surface area contributed by atoms with Crippen LogP contribution in [0.5, 0.6) is 0 Å². The molecule has 0 radical (unpaired) electrons. The van der Waals surface area contributed by atoms with E-state index in [4.69, 9.17) is 0 Å². The van der Waals surface area contributed by atoms with Gasteiger partial charge in [0.25, 0.3) is 0 Å². The third-order valence-corrected chi connectivity index (χ3v) is 5.70. The lowest BCUT2D eigenvalue weighted by molar-refractivity contribution is -0.137. The minimum absolute atomic E-state index is 0.0768. The minimum Gasteiger partial charge on any atom is -0.382 e. The number of nitrogens with zero attached hydrogens (tertiary/aromatic N) is 1. The summed E-state index contributed by atoms with van der Waals surface area (Å²) in [6, 6.07) is 3.41. The molecule has 116 valence electrons. The van der Waals surface area contributed by atoms with Crippen LogP contribution in [0.25, 0.3) is 0 Å². The second kappa shape index (κ2) is 4.79. The Kier molecular flexibility index (Phi) is 3.31. The molecule has 8 heteroatoms. The van der Waals surface area contributed by atoms with Crippen molar-refractivity contribution >= 4 is 21.2 Å². The maximum absolute atomic E-state index is 12.7. The zero-order valence-corrected chi connectivity index (χ0v) is 12.0.